The van der Waals surface area contributed by atoms with Gasteiger partial charge in [-0.2, -0.15) is 0 Å². The monoisotopic (exact) mass is 825 g/mol. The summed E-state index contributed by atoms with van der Waals surface area (Å²) in [5, 5.41) is 9.92. The lowest BCUT2D eigenvalue weighted by Gasteiger charge is -2.24. The van der Waals surface area contributed by atoms with Crippen LogP contribution in [0.1, 0.15) is 200 Å². The van der Waals surface area contributed by atoms with Gasteiger partial charge in [0.15, 0.2) is 0 Å². The van der Waals surface area contributed by atoms with E-state index in [2.05, 4.69) is 55.5 Å². The first-order valence-corrected chi connectivity index (χ1v) is 24.9. The number of quaternary nitrogens is 1. The van der Waals surface area contributed by atoms with Crippen molar-refractivity contribution in [2.24, 2.45) is 0 Å². The Morgan fingerprint density at radius 3 is 1.32 bits per heavy atom. The molecular weight excluding hydrogens is 734 g/mol. The van der Waals surface area contributed by atoms with Crippen molar-refractivity contribution in [3.05, 3.63) is 48.6 Å². The van der Waals surface area contributed by atoms with Crippen molar-refractivity contribution >= 4 is 13.8 Å². The minimum Gasteiger partial charge on any atom is -0.463 e. The number of esters is 1. The van der Waals surface area contributed by atoms with Gasteiger partial charge in [-0.25, -0.2) is 4.57 Å². The number of carbonyl (C=O) groups is 1. The Morgan fingerprint density at radius 2 is 0.912 bits per heavy atom. The standard InChI is InChI=1S/C48H90NO7P/c1-5-6-7-8-9-10-11-12-13-14-15-16-17-18-19-20-21-22-23-24-25-26-27-28-29-30-31-32-33-34-35-36-37-38-39-40-41-42-48(51)54-45-47(50)46-56-57(52,53)55-44-43-49(2,3)4/h6-7,9-10,12-13,15-16,47,50H,5,8,11,14,17-46H2,1-4H3/p+1/b7-6-,10-9-,13-12-,16-15-. The van der Waals surface area contributed by atoms with Crippen molar-refractivity contribution in [3.63, 3.8) is 0 Å². The van der Waals surface area contributed by atoms with Crippen molar-refractivity contribution in [2.45, 2.75) is 206 Å². The third kappa shape index (κ3) is 47.0. The molecule has 2 unspecified atom stereocenters. The van der Waals surface area contributed by atoms with E-state index in [0.717, 1.165) is 44.9 Å². The number of carbonyl (C=O) groups excluding carboxylic acids is 1. The SMILES string of the molecule is CC/C=C\C/C=C\C/C=C\C/C=C\CCCCCCCCCCCCCCCCCCCCCCCCCCC(=O)OCC(O)COP(=O)(O)OCC[N+](C)(C)C. The Balaban J connectivity index is 3.33. The largest absolute Gasteiger partial charge is 0.472 e. The molecule has 0 fully saturated rings. The predicted octanol–water partition coefficient (Wildman–Crippen LogP) is 13.7. The Morgan fingerprint density at radius 1 is 0.544 bits per heavy atom. The summed E-state index contributed by atoms with van der Waals surface area (Å²) in [7, 11) is 1.57. The van der Waals surface area contributed by atoms with Crippen molar-refractivity contribution in [1.29, 1.82) is 0 Å². The second kappa shape index (κ2) is 41.2. The van der Waals surface area contributed by atoms with Crippen LogP contribution < -0.4 is 0 Å². The average Bonchev–Trinajstić information content (AvgIpc) is 3.17. The number of phosphoric ester groups is 1. The first kappa shape index (κ1) is 55.5. The van der Waals surface area contributed by atoms with Gasteiger partial charge in [-0.15, -0.1) is 0 Å². The molecule has 0 heterocycles. The van der Waals surface area contributed by atoms with Crippen LogP contribution in [-0.4, -0.2) is 74.1 Å². The smallest absolute Gasteiger partial charge is 0.463 e. The Kier molecular flexibility index (Phi) is 40.1. The molecule has 57 heavy (non-hydrogen) atoms. The van der Waals surface area contributed by atoms with E-state index in [1.807, 2.05) is 21.1 Å². The normalized spacial score (nSPS) is 14.1. The average molecular weight is 825 g/mol. The van der Waals surface area contributed by atoms with E-state index in [-0.39, 0.29) is 19.2 Å². The summed E-state index contributed by atoms with van der Waals surface area (Å²) in [4.78, 5) is 21.7. The minimum absolute atomic E-state index is 0.0552. The van der Waals surface area contributed by atoms with Crippen LogP contribution in [0.25, 0.3) is 0 Å². The summed E-state index contributed by atoms with van der Waals surface area (Å²) in [5.74, 6) is -0.368. The molecule has 0 saturated heterocycles. The molecule has 0 aliphatic rings. The summed E-state index contributed by atoms with van der Waals surface area (Å²) in [5.41, 5.74) is 0. The number of unbranched alkanes of at least 4 members (excludes halogenated alkanes) is 24. The number of likely N-dealkylation sites (N-methyl/N-ethyl adjacent to an activating group) is 1. The Hall–Kier alpha value is -1.54. The van der Waals surface area contributed by atoms with Crippen LogP contribution in [0.5, 0.6) is 0 Å². The van der Waals surface area contributed by atoms with Crippen LogP contribution >= 0.6 is 7.82 Å². The lowest BCUT2D eigenvalue weighted by molar-refractivity contribution is -0.870. The zero-order valence-corrected chi connectivity index (χ0v) is 38.5. The molecule has 0 aliphatic heterocycles. The number of phosphoric acid groups is 1. The van der Waals surface area contributed by atoms with Gasteiger partial charge in [0.05, 0.1) is 27.7 Å². The van der Waals surface area contributed by atoms with E-state index in [0.29, 0.717) is 17.4 Å². The zero-order chi connectivity index (χ0) is 42.0. The number of ether oxygens (including phenoxy) is 1. The summed E-state index contributed by atoms with van der Waals surface area (Å²) >= 11 is 0. The summed E-state index contributed by atoms with van der Waals surface area (Å²) < 4.78 is 27.3. The van der Waals surface area contributed by atoms with Crippen molar-refractivity contribution in [1.82, 2.24) is 0 Å². The molecule has 0 aliphatic carbocycles. The summed E-state index contributed by atoms with van der Waals surface area (Å²) in [6.45, 7) is 2.05. The van der Waals surface area contributed by atoms with Crippen LogP contribution in [0.4, 0.5) is 0 Å². The number of allylic oxidation sites excluding steroid dienone is 8. The third-order valence-electron chi connectivity index (χ3n) is 10.1. The third-order valence-corrected chi connectivity index (χ3v) is 11.1. The molecule has 2 atom stereocenters. The van der Waals surface area contributed by atoms with Crippen LogP contribution in [0.2, 0.25) is 0 Å². The Bertz CT molecular complexity index is 1050. The number of aliphatic hydroxyl groups is 1. The van der Waals surface area contributed by atoms with E-state index >= 15 is 0 Å². The van der Waals surface area contributed by atoms with Gasteiger partial charge in [0.25, 0.3) is 0 Å². The maximum Gasteiger partial charge on any atom is 0.472 e. The van der Waals surface area contributed by atoms with Crippen LogP contribution in [0.15, 0.2) is 48.6 Å². The molecule has 0 aromatic carbocycles. The zero-order valence-electron chi connectivity index (χ0n) is 37.6. The highest BCUT2D eigenvalue weighted by Gasteiger charge is 2.24. The van der Waals surface area contributed by atoms with Gasteiger partial charge in [0.2, 0.25) is 0 Å². The van der Waals surface area contributed by atoms with Gasteiger partial charge in [-0.05, 0) is 44.9 Å². The first-order valence-electron chi connectivity index (χ1n) is 23.4. The number of nitrogens with zero attached hydrogens (tertiary/aromatic N) is 1. The molecule has 0 aromatic rings. The molecular formula is C48H91NO7P+. The molecule has 0 amide bonds. The quantitative estimate of drug-likeness (QED) is 0.0207. The van der Waals surface area contributed by atoms with Gasteiger partial charge < -0.3 is 19.2 Å². The molecule has 0 aromatic heterocycles. The second-order valence-electron chi connectivity index (χ2n) is 17.0. The van der Waals surface area contributed by atoms with Gasteiger partial charge in [-0.1, -0.05) is 197 Å². The van der Waals surface area contributed by atoms with E-state index in [1.165, 1.54) is 141 Å². The van der Waals surface area contributed by atoms with Gasteiger partial charge in [0, 0.05) is 6.42 Å². The van der Waals surface area contributed by atoms with Crippen LogP contribution in [-0.2, 0) is 23.1 Å². The molecule has 2 N–H and O–H groups in total. The van der Waals surface area contributed by atoms with Crippen molar-refractivity contribution in [3.8, 4) is 0 Å². The van der Waals surface area contributed by atoms with E-state index in [1.54, 1.807) is 0 Å². The highest BCUT2D eigenvalue weighted by molar-refractivity contribution is 7.47. The molecule has 0 rings (SSSR count). The maximum absolute atomic E-state index is 12.0. The van der Waals surface area contributed by atoms with Crippen molar-refractivity contribution < 1.29 is 37.6 Å². The molecule has 334 valence electrons. The fourth-order valence-electron chi connectivity index (χ4n) is 6.48. The summed E-state index contributed by atoms with van der Waals surface area (Å²) in [6, 6.07) is 0. The lowest BCUT2D eigenvalue weighted by atomic mass is 10.0. The number of hydrogen-bond acceptors (Lipinski definition) is 6. The van der Waals surface area contributed by atoms with Crippen molar-refractivity contribution in [2.75, 3.05) is 47.5 Å². The number of hydrogen-bond donors (Lipinski definition) is 2. The molecule has 8 nitrogen and oxygen atoms in total. The topological polar surface area (TPSA) is 102 Å². The Labute approximate surface area is 352 Å². The first-order chi connectivity index (χ1) is 27.6. The van der Waals surface area contributed by atoms with Crippen LogP contribution in [0.3, 0.4) is 0 Å². The molecule has 0 bridgehead atoms. The maximum atomic E-state index is 12.0. The molecule has 0 saturated carbocycles. The fraction of sp³-hybridized carbons (Fsp3) is 0.812. The summed E-state index contributed by atoms with van der Waals surface area (Å²) in [6.07, 6.45) is 54.7. The fourth-order valence-corrected chi connectivity index (χ4v) is 7.22. The van der Waals surface area contributed by atoms with E-state index < -0.39 is 20.5 Å². The molecule has 9 heteroatoms. The van der Waals surface area contributed by atoms with Gasteiger partial charge >= 0.3 is 13.8 Å². The lowest BCUT2D eigenvalue weighted by Crippen LogP contribution is -2.37. The number of rotatable bonds is 43. The van der Waals surface area contributed by atoms with E-state index in [4.69, 9.17) is 13.8 Å². The predicted molar refractivity (Wildman–Crippen MR) is 242 cm³/mol. The highest BCUT2D eigenvalue weighted by atomic mass is 31.2. The van der Waals surface area contributed by atoms with E-state index in [9.17, 15) is 19.4 Å². The molecule has 0 radical (unpaired) electrons. The highest BCUT2D eigenvalue weighted by Crippen LogP contribution is 2.43. The second-order valence-corrected chi connectivity index (χ2v) is 18.4. The number of aliphatic hydroxyl groups excluding tert-OH is 1. The van der Waals surface area contributed by atoms with Crippen LogP contribution in [0, 0.1) is 0 Å². The molecule has 0 spiro atoms. The van der Waals surface area contributed by atoms with Gasteiger partial charge in [0.1, 0.15) is 25.9 Å². The van der Waals surface area contributed by atoms with Gasteiger partial charge in [-0.3, -0.25) is 13.8 Å². The minimum atomic E-state index is -4.25.